The molecule has 0 spiro atoms. The fraction of sp³-hybridized carbons (Fsp3) is 0.188. The Morgan fingerprint density at radius 2 is 1.90 bits per heavy atom. The predicted octanol–water partition coefficient (Wildman–Crippen LogP) is 4.50. The summed E-state index contributed by atoms with van der Waals surface area (Å²) in [5.74, 6) is 0. The number of thiazole rings is 1. The highest BCUT2D eigenvalue weighted by atomic mass is 32.1. The zero-order chi connectivity index (χ0) is 13.8. The lowest BCUT2D eigenvalue weighted by Crippen LogP contribution is -2.17. The first kappa shape index (κ1) is 13.5. The van der Waals surface area contributed by atoms with Crippen molar-refractivity contribution in [1.29, 1.82) is 0 Å². The van der Waals surface area contributed by atoms with Crippen LogP contribution in [0.3, 0.4) is 0 Å². The highest BCUT2D eigenvalue weighted by molar-refractivity contribution is 7.14. The van der Waals surface area contributed by atoms with Gasteiger partial charge in [-0.05, 0) is 24.1 Å². The van der Waals surface area contributed by atoms with Crippen molar-refractivity contribution in [2.24, 2.45) is 0 Å². The standard InChI is InChI=1S/C16H16N2S2/c1-18(9-13-5-3-2-4-6-13)10-15-12-20-16(17-15)14-7-8-19-11-14/h2-8,11-12H,9-10H2,1H3. The number of hydrogen-bond acceptors (Lipinski definition) is 4. The van der Waals surface area contributed by atoms with Gasteiger partial charge < -0.3 is 0 Å². The van der Waals surface area contributed by atoms with Crippen LogP contribution in [0.15, 0.2) is 52.5 Å². The molecule has 0 saturated heterocycles. The van der Waals surface area contributed by atoms with Crippen molar-refractivity contribution >= 4 is 22.7 Å². The fourth-order valence-corrected chi connectivity index (χ4v) is 3.65. The van der Waals surface area contributed by atoms with Crippen LogP contribution in [-0.2, 0) is 13.1 Å². The molecule has 1 aromatic carbocycles. The van der Waals surface area contributed by atoms with E-state index >= 15 is 0 Å². The van der Waals surface area contributed by atoms with Gasteiger partial charge in [-0.1, -0.05) is 30.3 Å². The quantitative estimate of drug-likeness (QED) is 0.689. The van der Waals surface area contributed by atoms with E-state index in [9.17, 15) is 0 Å². The average molecular weight is 300 g/mol. The van der Waals surface area contributed by atoms with E-state index in [1.807, 2.05) is 0 Å². The number of hydrogen-bond donors (Lipinski definition) is 0. The van der Waals surface area contributed by atoms with E-state index in [1.165, 1.54) is 11.1 Å². The molecular formula is C16H16N2S2. The summed E-state index contributed by atoms with van der Waals surface area (Å²) in [6, 6.07) is 12.7. The van der Waals surface area contributed by atoms with Crippen LogP contribution in [0.4, 0.5) is 0 Å². The molecule has 3 aromatic rings. The second kappa shape index (κ2) is 6.31. The number of nitrogens with zero attached hydrogens (tertiary/aromatic N) is 2. The number of benzene rings is 1. The van der Waals surface area contributed by atoms with Crippen molar-refractivity contribution in [2.75, 3.05) is 7.05 Å². The van der Waals surface area contributed by atoms with Gasteiger partial charge in [0.05, 0.1) is 5.69 Å². The summed E-state index contributed by atoms with van der Waals surface area (Å²) in [6.45, 7) is 1.84. The van der Waals surface area contributed by atoms with Crippen molar-refractivity contribution in [3.05, 3.63) is 63.8 Å². The van der Waals surface area contributed by atoms with Gasteiger partial charge in [0.2, 0.25) is 0 Å². The zero-order valence-electron chi connectivity index (χ0n) is 11.3. The lowest BCUT2D eigenvalue weighted by atomic mass is 10.2. The monoisotopic (exact) mass is 300 g/mol. The van der Waals surface area contributed by atoms with Gasteiger partial charge in [-0.2, -0.15) is 11.3 Å². The van der Waals surface area contributed by atoms with Gasteiger partial charge in [-0.15, -0.1) is 11.3 Å². The van der Waals surface area contributed by atoms with Crippen molar-refractivity contribution < 1.29 is 0 Å². The van der Waals surface area contributed by atoms with Crippen LogP contribution in [0, 0.1) is 0 Å². The van der Waals surface area contributed by atoms with Crippen LogP contribution in [0.5, 0.6) is 0 Å². The van der Waals surface area contributed by atoms with E-state index in [-0.39, 0.29) is 0 Å². The maximum absolute atomic E-state index is 4.72. The van der Waals surface area contributed by atoms with E-state index in [0.29, 0.717) is 0 Å². The number of thiophene rings is 1. The van der Waals surface area contributed by atoms with Crippen LogP contribution in [-0.4, -0.2) is 16.9 Å². The maximum atomic E-state index is 4.72. The topological polar surface area (TPSA) is 16.1 Å². The van der Waals surface area contributed by atoms with Crippen molar-refractivity contribution in [1.82, 2.24) is 9.88 Å². The Bertz CT molecular complexity index is 644. The molecular weight excluding hydrogens is 284 g/mol. The van der Waals surface area contributed by atoms with Gasteiger partial charge in [0.15, 0.2) is 0 Å². The molecule has 0 aliphatic rings. The van der Waals surface area contributed by atoms with Crippen molar-refractivity contribution in [3.8, 4) is 10.6 Å². The molecule has 0 unspecified atom stereocenters. The molecule has 0 atom stereocenters. The summed E-state index contributed by atoms with van der Waals surface area (Å²) >= 11 is 3.44. The summed E-state index contributed by atoms with van der Waals surface area (Å²) < 4.78 is 0. The molecule has 4 heteroatoms. The zero-order valence-corrected chi connectivity index (χ0v) is 13.0. The Kier molecular flexibility index (Phi) is 4.25. The van der Waals surface area contributed by atoms with Crippen molar-refractivity contribution in [2.45, 2.75) is 13.1 Å². The first-order valence-electron chi connectivity index (χ1n) is 6.51. The van der Waals surface area contributed by atoms with Crippen LogP contribution >= 0.6 is 22.7 Å². The molecule has 102 valence electrons. The first-order valence-corrected chi connectivity index (χ1v) is 8.33. The molecule has 0 amide bonds. The number of rotatable bonds is 5. The minimum atomic E-state index is 0.884. The van der Waals surface area contributed by atoms with Crippen LogP contribution < -0.4 is 0 Å². The lowest BCUT2D eigenvalue weighted by Gasteiger charge is -2.15. The lowest BCUT2D eigenvalue weighted by molar-refractivity contribution is 0.316. The Labute approximate surface area is 127 Å². The third-order valence-electron chi connectivity index (χ3n) is 3.05. The fourth-order valence-electron chi connectivity index (χ4n) is 2.13. The molecule has 0 saturated carbocycles. The third-order valence-corrected chi connectivity index (χ3v) is 4.67. The van der Waals surface area contributed by atoms with Gasteiger partial charge in [0.1, 0.15) is 5.01 Å². The third kappa shape index (κ3) is 3.33. The minimum absolute atomic E-state index is 0.884. The smallest absolute Gasteiger partial charge is 0.124 e. The van der Waals surface area contributed by atoms with Gasteiger partial charge in [-0.25, -0.2) is 4.98 Å². The highest BCUT2D eigenvalue weighted by Crippen LogP contribution is 2.26. The van der Waals surface area contributed by atoms with E-state index < -0.39 is 0 Å². The Morgan fingerprint density at radius 3 is 2.65 bits per heavy atom. The molecule has 0 fully saturated rings. The van der Waals surface area contributed by atoms with Gasteiger partial charge in [0.25, 0.3) is 0 Å². The molecule has 2 heterocycles. The maximum Gasteiger partial charge on any atom is 0.124 e. The Morgan fingerprint density at radius 1 is 1.05 bits per heavy atom. The largest absolute Gasteiger partial charge is 0.296 e. The molecule has 0 aliphatic carbocycles. The molecule has 0 radical (unpaired) electrons. The molecule has 0 aliphatic heterocycles. The Hall–Kier alpha value is -1.49. The molecule has 20 heavy (non-hydrogen) atoms. The highest BCUT2D eigenvalue weighted by Gasteiger charge is 2.07. The number of aromatic nitrogens is 1. The van der Waals surface area contributed by atoms with Crippen LogP contribution in [0.1, 0.15) is 11.3 Å². The first-order chi connectivity index (χ1) is 9.81. The summed E-state index contributed by atoms with van der Waals surface area (Å²) in [4.78, 5) is 7.01. The molecule has 0 N–H and O–H groups in total. The predicted molar refractivity (Wildman–Crippen MR) is 87.0 cm³/mol. The normalized spacial score (nSPS) is 11.1. The summed E-state index contributed by atoms with van der Waals surface area (Å²) in [5, 5.41) is 7.53. The SMILES string of the molecule is CN(Cc1ccccc1)Cc1csc(-c2ccsc2)n1. The van der Waals surface area contributed by atoms with Gasteiger partial charge >= 0.3 is 0 Å². The minimum Gasteiger partial charge on any atom is -0.296 e. The van der Waals surface area contributed by atoms with Crippen molar-refractivity contribution in [3.63, 3.8) is 0 Å². The average Bonchev–Trinajstić information content (AvgIpc) is 3.10. The summed E-state index contributed by atoms with van der Waals surface area (Å²) in [6.07, 6.45) is 0. The summed E-state index contributed by atoms with van der Waals surface area (Å²) in [7, 11) is 2.14. The molecule has 0 bridgehead atoms. The van der Waals surface area contributed by atoms with E-state index in [4.69, 9.17) is 4.98 Å². The molecule has 2 aromatic heterocycles. The van der Waals surface area contributed by atoms with Crippen LogP contribution in [0.2, 0.25) is 0 Å². The molecule has 3 rings (SSSR count). The van der Waals surface area contributed by atoms with Crippen LogP contribution in [0.25, 0.3) is 10.6 Å². The Balaban J connectivity index is 1.63. The summed E-state index contributed by atoms with van der Waals surface area (Å²) in [5.41, 5.74) is 3.72. The molecule has 2 nitrogen and oxygen atoms in total. The van der Waals surface area contributed by atoms with E-state index in [0.717, 1.165) is 23.8 Å². The van der Waals surface area contributed by atoms with Gasteiger partial charge in [0, 0.05) is 29.4 Å². The van der Waals surface area contributed by atoms with E-state index in [2.05, 4.69) is 64.5 Å². The van der Waals surface area contributed by atoms with Gasteiger partial charge in [-0.3, -0.25) is 4.90 Å². The van der Waals surface area contributed by atoms with E-state index in [1.54, 1.807) is 22.7 Å². The second-order valence-corrected chi connectivity index (χ2v) is 6.45. The second-order valence-electron chi connectivity index (χ2n) is 4.81.